The molecule has 0 heterocycles. The van der Waals surface area contributed by atoms with E-state index >= 15 is 0 Å². The zero-order chi connectivity index (χ0) is 18.4. The zero-order valence-corrected chi connectivity index (χ0v) is 15.0. The van der Waals surface area contributed by atoms with E-state index in [1.807, 2.05) is 6.07 Å². The van der Waals surface area contributed by atoms with E-state index in [1.165, 1.54) is 0 Å². The van der Waals surface area contributed by atoms with E-state index in [1.54, 1.807) is 48.5 Å². The summed E-state index contributed by atoms with van der Waals surface area (Å²) >= 11 is 0. The van der Waals surface area contributed by atoms with E-state index in [2.05, 4.69) is 0 Å². The monoisotopic (exact) mass is 328 g/mol. The number of carbonyl (C=O) groups is 2. The van der Waals surface area contributed by atoms with Crippen molar-refractivity contribution in [2.75, 3.05) is 13.2 Å². The normalized spacial score (nSPS) is 14.5. The molecule has 0 aliphatic carbocycles. The van der Waals surface area contributed by atoms with Crippen LogP contribution < -0.4 is 0 Å². The van der Waals surface area contributed by atoms with Gasteiger partial charge < -0.3 is 14.6 Å². The SMILES string of the molecule is CC(C#N)CN(C(=O)OC(C)(C)C)[C@@H](COC(C)(C)C)C(=O)O. The first-order valence-corrected chi connectivity index (χ1v) is 7.53. The first-order valence-electron chi connectivity index (χ1n) is 7.53. The first-order chi connectivity index (χ1) is 10.3. The summed E-state index contributed by atoms with van der Waals surface area (Å²) in [6.45, 7) is 11.8. The summed E-state index contributed by atoms with van der Waals surface area (Å²) in [5.41, 5.74) is -1.31. The van der Waals surface area contributed by atoms with Crippen LogP contribution in [0.25, 0.3) is 0 Å². The van der Waals surface area contributed by atoms with Crippen LogP contribution in [0.15, 0.2) is 0 Å². The summed E-state index contributed by atoms with van der Waals surface area (Å²) in [4.78, 5) is 25.0. The largest absolute Gasteiger partial charge is 0.480 e. The minimum Gasteiger partial charge on any atom is -0.480 e. The highest BCUT2D eigenvalue weighted by Crippen LogP contribution is 2.16. The van der Waals surface area contributed by atoms with Gasteiger partial charge in [-0.1, -0.05) is 0 Å². The molecular weight excluding hydrogens is 300 g/mol. The standard InChI is InChI=1S/C16H28N2O5/c1-11(8-17)9-18(14(21)23-16(5,6)7)12(13(19)20)10-22-15(2,3)4/h11-12H,9-10H2,1-7H3,(H,19,20)/t11?,12-/m0/s1. The third-order valence-electron chi connectivity index (χ3n) is 2.65. The van der Waals surface area contributed by atoms with Crippen molar-refractivity contribution < 1.29 is 24.2 Å². The molecule has 23 heavy (non-hydrogen) atoms. The van der Waals surface area contributed by atoms with Crippen LogP contribution in [-0.2, 0) is 14.3 Å². The minimum atomic E-state index is -1.22. The van der Waals surface area contributed by atoms with Gasteiger partial charge in [-0.2, -0.15) is 5.26 Å². The summed E-state index contributed by atoms with van der Waals surface area (Å²) < 4.78 is 10.8. The van der Waals surface area contributed by atoms with Gasteiger partial charge >= 0.3 is 12.1 Å². The fourth-order valence-corrected chi connectivity index (χ4v) is 1.61. The number of nitrogens with zero attached hydrogens (tertiary/aromatic N) is 2. The molecule has 0 radical (unpaired) electrons. The molecule has 0 saturated heterocycles. The van der Waals surface area contributed by atoms with E-state index in [9.17, 15) is 14.7 Å². The molecule has 1 N–H and O–H groups in total. The van der Waals surface area contributed by atoms with Gasteiger partial charge in [0.25, 0.3) is 0 Å². The third kappa shape index (κ3) is 9.04. The fourth-order valence-electron chi connectivity index (χ4n) is 1.61. The van der Waals surface area contributed by atoms with Gasteiger partial charge in [0.15, 0.2) is 6.04 Å². The highest BCUT2D eigenvalue weighted by molar-refractivity contribution is 5.80. The molecule has 0 rings (SSSR count). The van der Waals surface area contributed by atoms with Crippen LogP contribution in [0.2, 0.25) is 0 Å². The second-order valence-corrected chi connectivity index (χ2v) is 7.44. The van der Waals surface area contributed by atoms with Crippen LogP contribution in [-0.4, -0.2) is 52.5 Å². The number of carboxylic acid groups (broad SMARTS) is 1. The molecule has 7 heteroatoms. The predicted molar refractivity (Wildman–Crippen MR) is 84.8 cm³/mol. The fraction of sp³-hybridized carbons (Fsp3) is 0.812. The lowest BCUT2D eigenvalue weighted by Crippen LogP contribution is -2.51. The Morgan fingerprint density at radius 2 is 1.70 bits per heavy atom. The summed E-state index contributed by atoms with van der Waals surface area (Å²) in [5.74, 6) is -1.73. The second kappa shape index (κ2) is 8.16. The van der Waals surface area contributed by atoms with Crippen LogP contribution >= 0.6 is 0 Å². The summed E-state index contributed by atoms with van der Waals surface area (Å²) in [6.07, 6.45) is -0.774. The number of carbonyl (C=O) groups excluding carboxylic acids is 1. The van der Waals surface area contributed by atoms with Gasteiger partial charge in [-0.3, -0.25) is 4.90 Å². The van der Waals surface area contributed by atoms with Crippen molar-refractivity contribution in [1.29, 1.82) is 5.26 Å². The van der Waals surface area contributed by atoms with Gasteiger partial charge in [-0.05, 0) is 48.5 Å². The van der Waals surface area contributed by atoms with Crippen molar-refractivity contribution in [3.63, 3.8) is 0 Å². The number of hydrogen-bond donors (Lipinski definition) is 1. The van der Waals surface area contributed by atoms with E-state index in [-0.39, 0.29) is 13.2 Å². The summed E-state index contributed by atoms with van der Waals surface area (Å²) in [5, 5.41) is 18.4. The van der Waals surface area contributed by atoms with Crippen molar-refractivity contribution in [2.45, 2.75) is 65.7 Å². The van der Waals surface area contributed by atoms with E-state index in [4.69, 9.17) is 14.7 Å². The second-order valence-electron chi connectivity index (χ2n) is 7.44. The van der Waals surface area contributed by atoms with Crippen molar-refractivity contribution in [1.82, 2.24) is 4.90 Å². The van der Waals surface area contributed by atoms with Gasteiger partial charge in [0.1, 0.15) is 5.60 Å². The summed E-state index contributed by atoms with van der Waals surface area (Å²) in [6, 6.07) is 0.774. The van der Waals surface area contributed by atoms with Crippen LogP contribution in [0.5, 0.6) is 0 Å². The molecule has 0 spiro atoms. The van der Waals surface area contributed by atoms with Crippen LogP contribution in [0.1, 0.15) is 48.5 Å². The van der Waals surface area contributed by atoms with Gasteiger partial charge in [0, 0.05) is 6.54 Å². The molecule has 0 aliphatic heterocycles. The number of aliphatic carboxylic acids is 1. The minimum absolute atomic E-state index is 0.0458. The number of amides is 1. The van der Waals surface area contributed by atoms with Gasteiger partial charge in [-0.25, -0.2) is 9.59 Å². The molecule has 0 aromatic carbocycles. The van der Waals surface area contributed by atoms with Crippen LogP contribution in [0.3, 0.4) is 0 Å². The highest BCUT2D eigenvalue weighted by Gasteiger charge is 2.35. The number of nitriles is 1. The van der Waals surface area contributed by atoms with E-state index in [0.717, 1.165) is 4.90 Å². The Hall–Kier alpha value is -1.81. The van der Waals surface area contributed by atoms with E-state index < -0.39 is 35.2 Å². The number of carboxylic acids is 1. The molecule has 7 nitrogen and oxygen atoms in total. The maximum atomic E-state index is 12.4. The average molecular weight is 328 g/mol. The molecular formula is C16H28N2O5. The molecule has 132 valence electrons. The Morgan fingerprint density at radius 3 is 2.04 bits per heavy atom. The number of hydrogen-bond acceptors (Lipinski definition) is 5. The lowest BCUT2D eigenvalue weighted by atomic mass is 10.1. The zero-order valence-electron chi connectivity index (χ0n) is 15.0. The topological polar surface area (TPSA) is 99.9 Å². The molecule has 0 bridgehead atoms. The molecule has 0 aliphatic rings. The lowest BCUT2D eigenvalue weighted by Gasteiger charge is -2.33. The van der Waals surface area contributed by atoms with E-state index in [0.29, 0.717) is 0 Å². The van der Waals surface area contributed by atoms with Crippen molar-refractivity contribution in [2.24, 2.45) is 5.92 Å². The number of rotatable bonds is 6. The Balaban J connectivity index is 5.36. The molecule has 0 fully saturated rings. The van der Waals surface area contributed by atoms with Crippen LogP contribution in [0, 0.1) is 17.2 Å². The summed E-state index contributed by atoms with van der Waals surface area (Å²) in [7, 11) is 0. The smallest absolute Gasteiger partial charge is 0.411 e. The molecule has 2 atom stereocenters. The molecule has 0 saturated carbocycles. The van der Waals surface area contributed by atoms with Crippen molar-refractivity contribution in [3.05, 3.63) is 0 Å². The van der Waals surface area contributed by atoms with Crippen molar-refractivity contribution in [3.8, 4) is 6.07 Å². The van der Waals surface area contributed by atoms with Gasteiger partial charge in [0.05, 0.1) is 24.2 Å². The molecule has 1 amide bonds. The third-order valence-corrected chi connectivity index (χ3v) is 2.65. The molecule has 0 aromatic heterocycles. The Morgan fingerprint density at radius 1 is 1.17 bits per heavy atom. The first kappa shape index (κ1) is 21.2. The highest BCUT2D eigenvalue weighted by atomic mass is 16.6. The molecule has 0 aromatic rings. The maximum Gasteiger partial charge on any atom is 0.411 e. The van der Waals surface area contributed by atoms with Gasteiger partial charge in [0.2, 0.25) is 0 Å². The number of ether oxygens (including phenoxy) is 2. The lowest BCUT2D eigenvalue weighted by molar-refractivity contribution is -0.148. The average Bonchev–Trinajstić information content (AvgIpc) is 2.33. The Bertz CT molecular complexity index is 457. The Labute approximate surface area is 138 Å². The van der Waals surface area contributed by atoms with Crippen LogP contribution in [0.4, 0.5) is 4.79 Å². The van der Waals surface area contributed by atoms with Crippen molar-refractivity contribution >= 4 is 12.1 Å². The predicted octanol–water partition coefficient (Wildman–Crippen LogP) is 2.65. The quantitative estimate of drug-likeness (QED) is 0.804. The molecule has 1 unspecified atom stereocenters. The van der Waals surface area contributed by atoms with Gasteiger partial charge in [-0.15, -0.1) is 0 Å². The Kier molecular flexibility index (Phi) is 7.52. The maximum absolute atomic E-state index is 12.4.